The van der Waals surface area contributed by atoms with Crippen molar-refractivity contribution in [3.63, 3.8) is 0 Å². The maximum Gasteiger partial charge on any atom is 0.374 e. The summed E-state index contributed by atoms with van der Waals surface area (Å²) >= 11 is 0. The molecule has 0 spiro atoms. The van der Waals surface area contributed by atoms with E-state index in [9.17, 15) is 4.79 Å². The van der Waals surface area contributed by atoms with Crippen LogP contribution < -0.4 is 0 Å². The number of aryl methyl sites for hydroxylation is 1. The molecule has 0 unspecified atom stereocenters. The molecule has 3 rings (SSSR count). The molecule has 0 atom stereocenters. The van der Waals surface area contributed by atoms with Crippen molar-refractivity contribution in [1.82, 2.24) is 20.3 Å². The lowest BCUT2D eigenvalue weighted by Gasteiger charge is -2.23. The number of carbonyl (C=O) groups excluding carboxylic acids is 1. The molecule has 0 radical (unpaired) electrons. The summed E-state index contributed by atoms with van der Waals surface area (Å²) in [6.07, 6.45) is 0.870. The van der Waals surface area contributed by atoms with Crippen molar-refractivity contribution in [2.75, 3.05) is 13.7 Å². The van der Waals surface area contributed by atoms with Gasteiger partial charge in [0, 0.05) is 25.1 Å². The SMILES string of the molecule is COC(=O)c1oc(CN2CCc3n[nH]nc3C2)cc1C. The summed E-state index contributed by atoms with van der Waals surface area (Å²) in [5.41, 5.74) is 2.81. The predicted molar refractivity (Wildman–Crippen MR) is 69.0 cm³/mol. The van der Waals surface area contributed by atoms with Crippen molar-refractivity contribution in [2.24, 2.45) is 0 Å². The van der Waals surface area contributed by atoms with Crippen LogP contribution in [0.5, 0.6) is 0 Å². The first-order valence-corrected chi connectivity index (χ1v) is 6.46. The van der Waals surface area contributed by atoms with E-state index < -0.39 is 5.97 Å². The predicted octanol–water partition coefficient (Wildman–Crippen LogP) is 1.05. The Kier molecular flexibility index (Phi) is 3.27. The zero-order valence-corrected chi connectivity index (χ0v) is 11.5. The quantitative estimate of drug-likeness (QED) is 0.844. The second-order valence-electron chi connectivity index (χ2n) is 4.89. The number of aromatic nitrogens is 3. The third kappa shape index (κ3) is 2.32. The number of esters is 1. The van der Waals surface area contributed by atoms with Gasteiger partial charge in [-0.3, -0.25) is 4.90 Å². The van der Waals surface area contributed by atoms with Gasteiger partial charge in [-0.1, -0.05) is 0 Å². The van der Waals surface area contributed by atoms with E-state index in [4.69, 9.17) is 4.42 Å². The second kappa shape index (κ2) is 5.09. The molecule has 1 N–H and O–H groups in total. The van der Waals surface area contributed by atoms with Gasteiger partial charge in [-0.15, -0.1) is 0 Å². The molecule has 0 fully saturated rings. The fourth-order valence-electron chi connectivity index (χ4n) is 2.43. The highest BCUT2D eigenvalue weighted by atomic mass is 16.5. The van der Waals surface area contributed by atoms with Crippen LogP contribution in [0.4, 0.5) is 0 Å². The van der Waals surface area contributed by atoms with E-state index in [0.29, 0.717) is 6.54 Å². The van der Waals surface area contributed by atoms with Crippen LogP contribution >= 0.6 is 0 Å². The van der Waals surface area contributed by atoms with Crippen LogP contribution in [-0.2, 0) is 24.2 Å². The number of ether oxygens (including phenoxy) is 1. The first-order valence-electron chi connectivity index (χ1n) is 6.46. The molecule has 0 aliphatic carbocycles. The molecular formula is C13H16N4O3. The lowest BCUT2D eigenvalue weighted by Crippen LogP contribution is -2.29. The number of furan rings is 1. The Morgan fingerprint density at radius 1 is 1.50 bits per heavy atom. The normalized spacial score (nSPS) is 15.1. The third-order valence-corrected chi connectivity index (χ3v) is 3.46. The molecular weight excluding hydrogens is 260 g/mol. The van der Waals surface area contributed by atoms with E-state index in [1.165, 1.54) is 7.11 Å². The largest absolute Gasteiger partial charge is 0.463 e. The minimum Gasteiger partial charge on any atom is -0.463 e. The lowest BCUT2D eigenvalue weighted by molar-refractivity contribution is 0.0559. The van der Waals surface area contributed by atoms with Crippen molar-refractivity contribution in [2.45, 2.75) is 26.4 Å². The number of aromatic amines is 1. The molecule has 2 aromatic heterocycles. The standard InChI is InChI=1S/C13H16N4O3/c1-8-5-9(20-12(8)13(18)19-2)6-17-4-3-10-11(7-17)15-16-14-10/h5H,3-4,6-7H2,1-2H3,(H,14,15,16). The Bertz CT molecular complexity index is 631. The highest BCUT2D eigenvalue weighted by Gasteiger charge is 2.22. The van der Waals surface area contributed by atoms with Crippen molar-refractivity contribution < 1.29 is 13.9 Å². The maximum absolute atomic E-state index is 11.5. The van der Waals surface area contributed by atoms with Crippen LogP contribution in [0.2, 0.25) is 0 Å². The minimum absolute atomic E-state index is 0.279. The number of nitrogens with zero attached hydrogens (tertiary/aromatic N) is 3. The van der Waals surface area contributed by atoms with Crippen LogP contribution in [0.3, 0.4) is 0 Å². The van der Waals surface area contributed by atoms with Crippen molar-refractivity contribution in [3.8, 4) is 0 Å². The van der Waals surface area contributed by atoms with Gasteiger partial charge in [0.15, 0.2) is 0 Å². The summed E-state index contributed by atoms with van der Waals surface area (Å²) in [7, 11) is 1.35. The van der Waals surface area contributed by atoms with Gasteiger partial charge in [0.25, 0.3) is 0 Å². The molecule has 1 aliphatic heterocycles. The summed E-state index contributed by atoms with van der Waals surface area (Å²) < 4.78 is 10.3. The zero-order chi connectivity index (χ0) is 14.1. The Balaban J connectivity index is 1.71. The zero-order valence-electron chi connectivity index (χ0n) is 11.5. The summed E-state index contributed by atoms with van der Waals surface area (Å²) in [5.74, 6) is 0.600. The lowest BCUT2D eigenvalue weighted by atomic mass is 10.1. The fraction of sp³-hybridized carbons (Fsp3) is 0.462. The van der Waals surface area contributed by atoms with Crippen molar-refractivity contribution >= 4 is 5.97 Å². The molecule has 7 heteroatoms. The highest BCUT2D eigenvalue weighted by Crippen LogP contribution is 2.20. The molecule has 0 aromatic carbocycles. The summed E-state index contributed by atoms with van der Waals surface area (Å²) in [6, 6.07) is 1.88. The number of hydrogen-bond donors (Lipinski definition) is 1. The first-order chi connectivity index (χ1) is 9.67. The van der Waals surface area contributed by atoms with Gasteiger partial charge in [0.05, 0.1) is 25.0 Å². The van der Waals surface area contributed by atoms with Crippen molar-refractivity contribution in [3.05, 3.63) is 34.5 Å². The molecule has 0 amide bonds. The van der Waals surface area contributed by atoms with Crippen LogP contribution in [0, 0.1) is 6.92 Å². The number of carbonyl (C=O) groups is 1. The van der Waals surface area contributed by atoms with Crippen LogP contribution in [0.25, 0.3) is 0 Å². The molecule has 1 aliphatic rings. The van der Waals surface area contributed by atoms with Crippen molar-refractivity contribution in [1.29, 1.82) is 0 Å². The Morgan fingerprint density at radius 2 is 2.30 bits per heavy atom. The van der Waals surface area contributed by atoms with Gasteiger partial charge in [0.1, 0.15) is 5.76 Å². The Labute approximate surface area is 115 Å². The Morgan fingerprint density at radius 3 is 3.10 bits per heavy atom. The van der Waals surface area contributed by atoms with E-state index in [2.05, 4.69) is 25.0 Å². The smallest absolute Gasteiger partial charge is 0.374 e. The average Bonchev–Trinajstić information content (AvgIpc) is 3.04. The number of rotatable bonds is 3. The Hall–Kier alpha value is -2.15. The van der Waals surface area contributed by atoms with Gasteiger partial charge in [-0.05, 0) is 13.0 Å². The van der Waals surface area contributed by atoms with Crippen LogP contribution in [0.1, 0.15) is 33.3 Å². The highest BCUT2D eigenvalue weighted by molar-refractivity contribution is 5.87. The molecule has 3 heterocycles. The van der Waals surface area contributed by atoms with Gasteiger partial charge < -0.3 is 9.15 Å². The number of H-pyrrole nitrogens is 1. The van der Waals surface area contributed by atoms with E-state index in [-0.39, 0.29) is 5.76 Å². The maximum atomic E-state index is 11.5. The second-order valence-corrected chi connectivity index (χ2v) is 4.89. The topological polar surface area (TPSA) is 84.2 Å². The van der Waals surface area contributed by atoms with E-state index in [1.807, 2.05) is 13.0 Å². The van der Waals surface area contributed by atoms with Gasteiger partial charge >= 0.3 is 5.97 Å². The molecule has 0 saturated carbocycles. The monoisotopic (exact) mass is 276 g/mol. The van der Waals surface area contributed by atoms with Crippen LogP contribution in [-0.4, -0.2) is 39.9 Å². The summed E-state index contributed by atoms with van der Waals surface area (Å²) in [4.78, 5) is 13.7. The fourth-order valence-corrected chi connectivity index (χ4v) is 2.43. The molecule has 106 valence electrons. The molecule has 7 nitrogen and oxygen atoms in total. The van der Waals surface area contributed by atoms with Gasteiger partial charge in [-0.2, -0.15) is 15.4 Å². The molecule has 20 heavy (non-hydrogen) atoms. The number of fused-ring (bicyclic) bond motifs is 1. The van der Waals surface area contributed by atoms with Gasteiger partial charge in [-0.25, -0.2) is 4.79 Å². The van der Waals surface area contributed by atoms with E-state index in [0.717, 1.165) is 42.2 Å². The van der Waals surface area contributed by atoms with E-state index in [1.54, 1.807) is 0 Å². The summed E-state index contributed by atoms with van der Waals surface area (Å²) in [5, 5.41) is 10.9. The number of methoxy groups -OCH3 is 1. The number of nitrogens with one attached hydrogen (secondary N) is 1. The third-order valence-electron chi connectivity index (χ3n) is 3.46. The summed E-state index contributed by atoms with van der Waals surface area (Å²) in [6.45, 7) is 4.11. The molecule has 0 saturated heterocycles. The first kappa shape index (κ1) is 12.9. The van der Waals surface area contributed by atoms with Crippen LogP contribution in [0.15, 0.2) is 10.5 Å². The molecule has 0 bridgehead atoms. The average molecular weight is 276 g/mol. The van der Waals surface area contributed by atoms with Gasteiger partial charge in [0.2, 0.25) is 5.76 Å². The molecule has 2 aromatic rings. The number of hydrogen-bond acceptors (Lipinski definition) is 6. The van der Waals surface area contributed by atoms with E-state index >= 15 is 0 Å². The minimum atomic E-state index is -0.439.